The molecule has 7 heavy (non-hydrogen) atoms. The minimum absolute atomic E-state index is 0.486. The molecule has 0 aliphatic heterocycles. The average molecular weight is 102 g/mol. The number of hydrogen-bond acceptors (Lipinski definition) is 3. The van der Waals surface area contributed by atoms with Crippen LogP contribution in [0.25, 0.3) is 0 Å². The highest BCUT2D eigenvalue weighted by Crippen LogP contribution is 1.78. The van der Waals surface area contributed by atoms with Gasteiger partial charge < -0.3 is 10.5 Å². The van der Waals surface area contributed by atoms with Gasteiger partial charge in [-0.05, 0) is 6.92 Å². The van der Waals surface area contributed by atoms with Crippen LogP contribution >= 0.6 is 0 Å². The lowest BCUT2D eigenvalue weighted by Crippen LogP contribution is -2.26. The lowest BCUT2D eigenvalue weighted by atomic mass is 10.4. The second kappa shape index (κ2) is 2.58. The summed E-state index contributed by atoms with van der Waals surface area (Å²) in [7, 11) is 2.88. The molecule has 0 aliphatic carbocycles. The molecular formula is C4H8NO2. The highest BCUT2D eigenvalue weighted by molar-refractivity contribution is 5.74. The Morgan fingerprint density at radius 1 is 2.00 bits per heavy atom. The van der Waals surface area contributed by atoms with E-state index in [1.807, 2.05) is 0 Å². The van der Waals surface area contributed by atoms with Crippen LogP contribution in [0.4, 0.5) is 0 Å². The maximum atomic E-state index is 10.1. The van der Waals surface area contributed by atoms with Crippen LogP contribution in [0, 0.1) is 7.11 Å². The number of carbonyl (C=O) groups is 1. The first-order chi connectivity index (χ1) is 3.18. The van der Waals surface area contributed by atoms with Crippen molar-refractivity contribution in [2.24, 2.45) is 5.73 Å². The summed E-state index contributed by atoms with van der Waals surface area (Å²) < 4.78 is 4.00. The molecule has 0 aromatic heterocycles. The molecule has 0 saturated heterocycles. The Balaban J connectivity index is 3.35. The molecule has 0 saturated carbocycles. The van der Waals surface area contributed by atoms with Crippen molar-refractivity contribution in [3.8, 4) is 0 Å². The van der Waals surface area contributed by atoms with E-state index in [4.69, 9.17) is 5.73 Å². The molecule has 41 valence electrons. The molecule has 0 unspecified atom stereocenters. The summed E-state index contributed by atoms with van der Waals surface area (Å²) in [5, 5.41) is 0. The van der Waals surface area contributed by atoms with Crippen LogP contribution in [0.15, 0.2) is 0 Å². The molecular weight excluding hydrogens is 94.0 g/mol. The summed E-state index contributed by atoms with van der Waals surface area (Å²) in [5.74, 6) is -0.486. The van der Waals surface area contributed by atoms with Crippen molar-refractivity contribution < 1.29 is 9.53 Å². The van der Waals surface area contributed by atoms with Crippen molar-refractivity contribution in [2.45, 2.75) is 13.0 Å². The number of esters is 1. The standard InChI is InChI=1S/C4H8NO2/c1-3(5)4(6)7-2/h3H,2,5H2,1H3/t3-/m0/s1. The third-order valence-electron chi connectivity index (χ3n) is 0.514. The highest BCUT2D eigenvalue weighted by Gasteiger charge is 2.03. The van der Waals surface area contributed by atoms with Crippen molar-refractivity contribution in [3.05, 3.63) is 7.11 Å². The van der Waals surface area contributed by atoms with Crippen molar-refractivity contribution in [1.82, 2.24) is 0 Å². The third kappa shape index (κ3) is 2.17. The Morgan fingerprint density at radius 3 is 2.43 bits per heavy atom. The quantitative estimate of drug-likeness (QED) is 0.461. The van der Waals surface area contributed by atoms with Crippen LogP contribution in [-0.4, -0.2) is 12.0 Å². The fourth-order valence-corrected chi connectivity index (χ4v) is 0.131. The number of ether oxygens (including phenoxy) is 1. The van der Waals surface area contributed by atoms with E-state index in [2.05, 4.69) is 11.8 Å². The van der Waals surface area contributed by atoms with Gasteiger partial charge >= 0.3 is 5.97 Å². The third-order valence-corrected chi connectivity index (χ3v) is 0.514. The van der Waals surface area contributed by atoms with Gasteiger partial charge in [0.25, 0.3) is 0 Å². The van der Waals surface area contributed by atoms with E-state index in [1.54, 1.807) is 0 Å². The first-order valence-electron chi connectivity index (χ1n) is 1.90. The molecule has 0 aliphatic rings. The Bertz CT molecular complexity index is 70.1. The van der Waals surface area contributed by atoms with E-state index in [-0.39, 0.29) is 0 Å². The molecule has 0 heterocycles. The Labute approximate surface area is 42.4 Å². The van der Waals surface area contributed by atoms with Crippen LogP contribution in [0.2, 0.25) is 0 Å². The fraction of sp³-hybridized carbons (Fsp3) is 0.500. The molecule has 0 aromatic carbocycles. The van der Waals surface area contributed by atoms with Gasteiger partial charge in [0, 0.05) is 0 Å². The van der Waals surface area contributed by atoms with Gasteiger partial charge in [-0.1, -0.05) is 0 Å². The van der Waals surface area contributed by atoms with Crippen molar-refractivity contribution in [3.63, 3.8) is 0 Å². The van der Waals surface area contributed by atoms with E-state index in [1.165, 1.54) is 6.92 Å². The summed E-state index contributed by atoms with van der Waals surface area (Å²) in [4.78, 5) is 10.1. The summed E-state index contributed by atoms with van der Waals surface area (Å²) in [5.41, 5.74) is 5.03. The Kier molecular flexibility index (Phi) is 2.37. The molecule has 1 atom stereocenters. The molecule has 0 spiro atoms. The van der Waals surface area contributed by atoms with Crippen molar-refractivity contribution in [2.75, 3.05) is 0 Å². The number of rotatable bonds is 1. The Morgan fingerprint density at radius 2 is 2.43 bits per heavy atom. The van der Waals surface area contributed by atoms with Gasteiger partial charge in [0.05, 0.1) is 0 Å². The van der Waals surface area contributed by atoms with Crippen LogP contribution < -0.4 is 5.73 Å². The zero-order valence-corrected chi connectivity index (χ0v) is 4.18. The molecule has 0 aromatic rings. The summed E-state index contributed by atoms with van der Waals surface area (Å²) in [6.07, 6.45) is 0. The van der Waals surface area contributed by atoms with E-state index >= 15 is 0 Å². The van der Waals surface area contributed by atoms with Crippen LogP contribution in [0.1, 0.15) is 6.92 Å². The SMILES string of the molecule is [CH2]OC(=O)[C@H](C)N. The van der Waals surface area contributed by atoms with E-state index in [0.29, 0.717) is 0 Å². The van der Waals surface area contributed by atoms with E-state index in [0.717, 1.165) is 0 Å². The molecule has 0 bridgehead atoms. The fourth-order valence-electron chi connectivity index (χ4n) is 0.131. The van der Waals surface area contributed by atoms with Gasteiger partial charge in [0.2, 0.25) is 0 Å². The first-order valence-corrected chi connectivity index (χ1v) is 1.90. The predicted octanol–water partition coefficient (Wildman–Crippen LogP) is -0.332. The monoisotopic (exact) mass is 102 g/mol. The van der Waals surface area contributed by atoms with Crippen molar-refractivity contribution in [1.29, 1.82) is 0 Å². The maximum Gasteiger partial charge on any atom is 0.322 e. The molecule has 0 fully saturated rings. The largest absolute Gasteiger partial charge is 0.461 e. The van der Waals surface area contributed by atoms with Crippen LogP contribution in [0.5, 0.6) is 0 Å². The summed E-state index contributed by atoms with van der Waals surface area (Å²) >= 11 is 0. The number of hydrogen-bond donors (Lipinski definition) is 1. The molecule has 3 heteroatoms. The zero-order valence-electron chi connectivity index (χ0n) is 4.18. The topological polar surface area (TPSA) is 52.3 Å². The van der Waals surface area contributed by atoms with Gasteiger partial charge in [-0.2, -0.15) is 0 Å². The predicted molar refractivity (Wildman–Crippen MR) is 25.1 cm³/mol. The molecule has 1 radical (unpaired) electrons. The summed E-state index contributed by atoms with van der Waals surface area (Å²) in [6.45, 7) is 1.54. The number of carbonyl (C=O) groups excluding carboxylic acids is 1. The average Bonchev–Trinajstić information content (AvgIpc) is 1.65. The van der Waals surface area contributed by atoms with Gasteiger partial charge in [0.15, 0.2) is 0 Å². The van der Waals surface area contributed by atoms with Gasteiger partial charge in [-0.3, -0.25) is 4.79 Å². The van der Waals surface area contributed by atoms with E-state index in [9.17, 15) is 4.79 Å². The molecule has 0 rings (SSSR count). The minimum atomic E-state index is -0.558. The highest BCUT2D eigenvalue weighted by atomic mass is 16.5. The zero-order chi connectivity index (χ0) is 5.86. The Hall–Kier alpha value is -0.570. The van der Waals surface area contributed by atoms with Crippen LogP contribution in [0.3, 0.4) is 0 Å². The minimum Gasteiger partial charge on any atom is -0.461 e. The maximum absolute atomic E-state index is 10.1. The van der Waals surface area contributed by atoms with E-state index < -0.39 is 12.0 Å². The van der Waals surface area contributed by atoms with Crippen molar-refractivity contribution >= 4 is 5.97 Å². The second-order valence-corrected chi connectivity index (χ2v) is 1.25. The first kappa shape index (κ1) is 6.43. The molecule has 3 nitrogen and oxygen atoms in total. The molecule has 0 amide bonds. The second-order valence-electron chi connectivity index (χ2n) is 1.25. The van der Waals surface area contributed by atoms with Gasteiger partial charge in [0.1, 0.15) is 13.2 Å². The van der Waals surface area contributed by atoms with Crippen LogP contribution in [-0.2, 0) is 9.53 Å². The lowest BCUT2D eigenvalue weighted by molar-refractivity contribution is -0.139. The normalized spacial score (nSPS) is 13.0. The van der Waals surface area contributed by atoms with Gasteiger partial charge in [-0.15, -0.1) is 0 Å². The lowest BCUT2D eigenvalue weighted by Gasteiger charge is -1.97. The smallest absolute Gasteiger partial charge is 0.322 e. The number of nitrogens with two attached hydrogens (primary N) is 1. The van der Waals surface area contributed by atoms with Gasteiger partial charge in [-0.25, -0.2) is 0 Å². The summed E-state index contributed by atoms with van der Waals surface area (Å²) in [6, 6.07) is -0.558. The molecule has 2 N–H and O–H groups in total.